The molecule has 1 aromatic carbocycles. The smallest absolute Gasteiger partial charge is 0.175 e. The van der Waals surface area contributed by atoms with Crippen LogP contribution in [0.2, 0.25) is 0 Å². The standard InChI is InChI=1S/C15H17BrO3S/c1-2-18-14-8-12(9-17)7-13(16)15(14)19-5-3-11-4-6-20-10-11/h4,6-8,10,17H,2-3,5,9H2,1H3. The monoisotopic (exact) mass is 356 g/mol. The van der Waals surface area contributed by atoms with Crippen LogP contribution in [0, 0.1) is 0 Å². The lowest BCUT2D eigenvalue weighted by Crippen LogP contribution is -2.04. The SMILES string of the molecule is CCOc1cc(CO)cc(Br)c1OCCc1ccsc1. The maximum absolute atomic E-state index is 9.23. The zero-order chi connectivity index (χ0) is 14.4. The van der Waals surface area contributed by atoms with E-state index in [1.807, 2.05) is 19.1 Å². The van der Waals surface area contributed by atoms with Gasteiger partial charge >= 0.3 is 0 Å². The van der Waals surface area contributed by atoms with Crippen molar-refractivity contribution >= 4 is 27.3 Å². The average Bonchev–Trinajstić information content (AvgIpc) is 2.95. The van der Waals surface area contributed by atoms with Gasteiger partial charge in [-0.3, -0.25) is 0 Å². The Kier molecular flexibility index (Phi) is 5.88. The van der Waals surface area contributed by atoms with E-state index in [-0.39, 0.29) is 6.61 Å². The fourth-order valence-corrected chi connectivity index (χ4v) is 3.13. The van der Waals surface area contributed by atoms with E-state index in [0.29, 0.717) is 24.7 Å². The molecule has 0 saturated heterocycles. The highest BCUT2D eigenvalue weighted by Crippen LogP contribution is 2.37. The minimum absolute atomic E-state index is 0.0200. The van der Waals surface area contributed by atoms with E-state index in [1.165, 1.54) is 5.56 Å². The molecule has 0 bridgehead atoms. The van der Waals surface area contributed by atoms with E-state index < -0.39 is 0 Å². The van der Waals surface area contributed by atoms with E-state index in [4.69, 9.17) is 9.47 Å². The first-order valence-electron chi connectivity index (χ1n) is 6.44. The lowest BCUT2D eigenvalue weighted by atomic mass is 10.2. The molecule has 5 heteroatoms. The second-order valence-electron chi connectivity index (χ2n) is 4.23. The predicted molar refractivity (Wildman–Crippen MR) is 84.8 cm³/mol. The van der Waals surface area contributed by atoms with E-state index in [1.54, 1.807) is 11.3 Å². The molecule has 0 aliphatic rings. The van der Waals surface area contributed by atoms with Crippen molar-refractivity contribution in [3.05, 3.63) is 44.6 Å². The lowest BCUT2D eigenvalue weighted by molar-refractivity contribution is 0.269. The van der Waals surface area contributed by atoms with E-state index in [2.05, 4.69) is 32.8 Å². The van der Waals surface area contributed by atoms with Gasteiger partial charge in [-0.05, 0) is 62.9 Å². The van der Waals surface area contributed by atoms with Crippen LogP contribution in [0.25, 0.3) is 0 Å². The van der Waals surface area contributed by atoms with Gasteiger partial charge in [-0.15, -0.1) is 0 Å². The molecule has 0 aliphatic heterocycles. The van der Waals surface area contributed by atoms with Gasteiger partial charge in [0.25, 0.3) is 0 Å². The van der Waals surface area contributed by atoms with Crippen LogP contribution in [0.3, 0.4) is 0 Å². The first kappa shape index (κ1) is 15.4. The Hall–Kier alpha value is -1.04. The highest BCUT2D eigenvalue weighted by Gasteiger charge is 2.12. The summed E-state index contributed by atoms with van der Waals surface area (Å²) in [6, 6.07) is 5.76. The number of halogens is 1. The second-order valence-corrected chi connectivity index (χ2v) is 5.86. The molecule has 0 saturated carbocycles. The molecule has 0 amide bonds. The minimum Gasteiger partial charge on any atom is -0.490 e. The van der Waals surface area contributed by atoms with Crippen LogP contribution in [-0.2, 0) is 13.0 Å². The molecule has 2 rings (SSSR count). The van der Waals surface area contributed by atoms with Gasteiger partial charge in [0.1, 0.15) is 0 Å². The van der Waals surface area contributed by atoms with Crippen molar-refractivity contribution < 1.29 is 14.6 Å². The fraction of sp³-hybridized carbons (Fsp3) is 0.333. The Balaban J connectivity index is 2.08. The minimum atomic E-state index is -0.0200. The molecule has 1 heterocycles. The third kappa shape index (κ3) is 3.98. The number of rotatable bonds is 7. The van der Waals surface area contributed by atoms with Gasteiger partial charge in [-0.2, -0.15) is 11.3 Å². The third-order valence-electron chi connectivity index (χ3n) is 2.77. The van der Waals surface area contributed by atoms with Gasteiger partial charge in [0.05, 0.1) is 24.3 Å². The molecular formula is C15H17BrO3S. The molecule has 0 radical (unpaired) electrons. The van der Waals surface area contributed by atoms with Gasteiger partial charge in [0.2, 0.25) is 0 Å². The fourth-order valence-electron chi connectivity index (χ4n) is 1.82. The van der Waals surface area contributed by atoms with Crippen molar-refractivity contribution in [2.75, 3.05) is 13.2 Å². The Morgan fingerprint density at radius 2 is 2.10 bits per heavy atom. The van der Waals surface area contributed by atoms with Gasteiger partial charge in [0.15, 0.2) is 11.5 Å². The number of benzene rings is 1. The van der Waals surface area contributed by atoms with Crippen LogP contribution in [0.5, 0.6) is 11.5 Å². The maximum Gasteiger partial charge on any atom is 0.175 e. The largest absolute Gasteiger partial charge is 0.490 e. The van der Waals surface area contributed by atoms with Crippen molar-refractivity contribution in [3.63, 3.8) is 0 Å². The average molecular weight is 357 g/mol. The summed E-state index contributed by atoms with van der Waals surface area (Å²) in [7, 11) is 0. The number of hydrogen-bond acceptors (Lipinski definition) is 4. The van der Waals surface area contributed by atoms with Gasteiger partial charge < -0.3 is 14.6 Å². The topological polar surface area (TPSA) is 38.7 Å². The Morgan fingerprint density at radius 1 is 1.25 bits per heavy atom. The van der Waals surface area contributed by atoms with Crippen molar-refractivity contribution in [1.29, 1.82) is 0 Å². The van der Waals surface area contributed by atoms with Crippen molar-refractivity contribution in [2.45, 2.75) is 20.0 Å². The molecule has 20 heavy (non-hydrogen) atoms. The Bertz CT molecular complexity index is 540. The van der Waals surface area contributed by atoms with Crippen molar-refractivity contribution in [1.82, 2.24) is 0 Å². The molecule has 0 fully saturated rings. The predicted octanol–water partition coefficient (Wildman–Crippen LogP) is 4.02. The molecule has 0 spiro atoms. The summed E-state index contributed by atoms with van der Waals surface area (Å²) in [4.78, 5) is 0. The number of aliphatic hydroxyl groups excluding tert-OH is 1. The van der Waals surface area contributed by atoms with E-state index in [9.17, 15) is 5.11 Å². The molecular weight excluding hydrogens is 340 g/mol. The number of aliphatic hydroxyl groups is 1. The molecule has 108 valence electrons. The molecule has 0 aliphatic carbocycles. The van der Waals surface area contributed by atoms with Crippen LogP contribution in [0.4, 0.5) is 0 Å². The summed E-state index contributed by atoms with van der Waals surface area (Å²) in [5.41, 5.74) is 2.07. The molecule has 3 nitrogen and oxygen atoms in total. The van der Waals surface area contributed by atoms with Crippen LogP contribution in [-0.4, -0.2) is 18.3 Å². The maximum atomic E-state index is 9.23. The summed E-state index contributed by atoms with van der Waals surface area (Å²) in [5, 5.41) is 13.4. The summed E-state index contributed by atoms with van der Waals surface area (Å²) in [6.45, 7) is 3.05. The van der Waals surface area contributed by atoms with Gasteiger partial charge in [-0.25, -0.2) is 0 Å². The van der Waals surface area contributed by atoms with E-state index in [0.717, 1.165) is 16.5 Å². The second kappa shape index (κ2) is 7.67. The van der Waals surface area contributed by atoms with Crippen LogP contribution >= 0.6 is 27.3 Å². The summed E-state index contributed by atoms with van der Waals surface area (Å²) >= 11 is 5.16. The third-order valence-corrected chi connectivity index (χ3v) is 4.09. The highest BCUT2D eigenvalue weighted by atomic mass is 79.9. The molecule has 0 unspecified atom stereocenters. The Labute approximate surface area is 131 Å². The highest BCUT2D eigenvalue weighted by molar-refractivity contribution is 9.10. The normalized spacial score (nSPS) is 10.6. The summed E-state index contributed by atoms with van der Waals surface area (Å²) in [6.07, 6.45) is 0.864. The molecule has 1 N–H and O–H groups in total. The van der Waals surface area contributed by atoms with Crippen molar-refractivity contribution in [2.24, 2.45) is 0 Å². The van der Waals surface area contributed by atoms with E-state index >= 15 is 0 Å². The molecule has 2 aromatic rings. The van der Waals surface area contributed by atoms with Gasteiger partial charge in [-0.1, -0.05) is 0 Å². The summed E-state index contributed by atoms with van der Waals surface area (Å²) in [5.74, 6) is 1.36. The lowest BCUT2D eigenvalue weighted by Gasteiger charge is -2.14. The molecule has 1 aromatic heterocycles. The van der Waals surface area contributed by atoms with Crippen LogP contribution in [0.1, 0.15) is 18.1 Å². The quantitative estimate of drug-likeness (QED) is 0.813. The van der Waals surface area contributed by atoms with Crippen LogP contribution < -0.4 is 9.47 Å². The summed E-state index contributed by atoms with van der Waals surface area (Å²) < 4.78 is 12.2. The van der Waals surface area contributed by atoms with Crippen molar-refractivity contribution in [3.8, 4) is 11.5 Å². The number of thiophene rings is 1. The first-order valence-corrected chi connectivity index (χ1v) is 8.18. The van der Waals surface area contributed by atoms with Gasteiger partial charge in [0, 0.05) is 6.42 Å². The zero-order valence-electron chi connectivity index (χ0n) is 11.3. The Morgan fingerprint density at radius 3 is 2.75 bits per heavy atom. The zero-order valence-corrected chi connectivity index (χ0v) is 13.7. The first-order chi connectivity index (χ1) is 9.74. The van der Waals surface area contributed by atoms with Crippen LogP contribution in [0.15, 0.2) is 33.4 Å². The number of ether oxygens (including phenoxy) is 2. The molecule has 0 atom stereocenters. The number of hydrogen-bond donors (Lipinski definition) is 1.